The lowest BCUT2D eigenvalue weighted by Crippen LogP contribution is -2.57. The van der Waals surface area contributed by atoms with Gasteiger partial charge in [0.25, 0.3) is 11.5 Å². The van der Waals surface area contributed by atoms with Gasteiger partial charge in [0.05, 0.1) is 30.0 Å². The van der Waals surface area contributed by atoms with Crippen LogP contribution in [-0.2, 0) is 25.7 Å². The number of hydrogen-bond acceptors (Lipinski definition) is 9. The van der Waals surface area contributed by atoms with Crippen LogP contribution in [0.4, 0.5) is 5.82 Å². The SMILES string of the molecule is CCOC(=O)C[C@H]1C(=O)NCCN1c1nc2ccccn2c(=O)c1/C=C1/SC(=S)N(Cc2ccc(C)cc2)C1=O. The number of carbonyl (C=O) groups excluding carboxylic acids is 3. The zero-order valence-corrected chi connectivity index (χ0v) is 23.6. The Kier molecular flexibility index (Phi) is 7.99. The highest BCUT2D eigenvalue weighted by atomic mass is 32.2. The molecular formula is C28H27N5O5S2. The molecule has 10 nitrogen and oxygen atoms in total. The van der Waals surface area contributed by atoms with Crippen LogP contribution in [0.1, 0.15) is 30.0 Å². The summed E-state index contributed by atoms with van der Waals surface area (Å²) in [6.45, 7) is 4.77. The van der Waals surface area contributed by atoms with Gasteiger partial charge in [-0.05, 0) is 37.6 Å². The highest BCUT2D eigenvalue weighted by Gasteiger charge is 2.36. The summed E-state index contributed by atoms with van der Waals surface area (Å²) in [6, 6.07) is 12.0. The first-order valence-electron chi connectivity index (χ1n) is 12.8. The number of esters is 1. The fraction of sp³-hybridized carbons (Fsp3) is 0.286. The van der Waals surface area contributed by atoms with E-state index < -0.39 is 17.6 Å². The molecule has 0 unspecified atom stereocenters. The van der Waals surface area contributed by atoms with Gasteiger partial charge in [0.1, 0.15) is 21.8 Å². The summed E-state index contributed by atoms with van der Waals surface area (Å²) in [5, 5.41) is 2.77. The lowest BCUT2D eigenvalue weighted by molar-refractivity contribution is -0.145. The van der Waals surface area contributed by atoms with Crippen molar-refractivity contribution in [2.24, 2.45) is 0 Å². The maximum absolute atomic E-state index is 13.8. The first kappa shape index (κ1) is 27.5. The number of anilines is 1. The number of benzene rings is 1. The maximum atomic E-state index is 13.8. The number of carbonyl (C=O) groups is 3. The van der Waals surface area contributed by atoms with Crippen molar-refractivity contribution in [2.75, 3.05) is 24.6 Å². The minimum absolute atomic E-state index is 0.128. The molecule has 0 bridgehead atoms. The maximum Gasteiger partial charge on any atom is 0.308 e. The smallest absolute Gasteiger partial charge is 0.308 e. The number of aryl methyl sites for hydroxylation is 1. The number of piperazine rings is 1. The van der Waals surface area contributed by atoms with E-state index in [0.29, 0.717) is 29.6 Å². The highest BCUT2D eigenvalue weighted by Crippen LogP contribution is 2.35. The molecule has 0 spiro atoms. The Balaban J connectivity index is 1.57. The summed E-state index contributed by atoms with van der Waals surface area (Å²) in [5.74, 6) is -1.02. The van der Waals surface area contributed by atoms with Crippen molar-refractivity contribution in [1.29, 1.82) is 0 Å². The first-order chi connectivity index (χ1) is 19.3. The third-order valence-electron chi connectivity index (χ3n) is 6.63. The van der Waals surface area contributed by atoms with Gasteiger partial charge in [-0.25, -0.2) is 4.98 Å². The summed E-state index contributed by atoms with van der Waals surface area (Å²) in [7, 11) is 0. The Morgan fingerprint density at radius 2 is 1.98 bits per heavy atom. The van der Waals surface area contributed by atoms with Crippen molar-refractivity contribution in [3.8, 4) is 0 Å². The summed E-state index contributed by atoms with van der Waals surface area (Å²) >= 11 is 6.63. The zero-order valence-electron chi connectivity index (χ0n) is 22.0. The lowest BCUT2D eigenvalue weighted by Gasteiger charge is -2.36. The fourth-order valence-corrected chi connectivity index (χ4v) is 5.87. The van der Waals surface area contributed by atoms with Gasteiger partial charge in [-0.3, -0.25) is 28.5 Å². The van der Waals surface area contributed by atoms with E-state index in [0.717, 1.165) is 22.9 Å². The molecule has 0 radical (unpaired) electrons. The molecule has 5 rings (SSSR count). The standard InChI is InChI=1S/C28H27N5O5S2/c1-3-38-23(34)15-20-25(35)29-11-13-31(20)24-19(26(36)32-12-5-4-6-22(32)30-24)14-21-27(37)33(28(39)40-21)16-18-9-7-17(2)8-10-18/h4-10,12,14,20H,3,11,13,15-16H2,1-2H3,(H,29,35)/b21-14+/t20-/m0/s1. The predicted molar refractivity (Wildman–Crippen MR) is 157 cm³/mol. The van der Waals surface area contributed by atoms with Crippen LogP contribution in [0.25, 0.3) is 11.7 Å². The largest absolute Gasteiger partial charge is 0.466 e. The number of thioether (sulfide) groups is 1. The van der Waals surface area contributed by atoms with E-state index in [1.807, 2.05) is 31.2 Å². The number of nitrogens with one attached hydrogen (secondary N) is 1. The molecule has 1 atom stereocenters. The Bertz CT molecular complexity index is 1600. The predicted octanol–water partition coefficient (Wildman–Crippen LogP) is 2.66. The second kappa shape index (κ2) is 11.6. The number of pyridine rings is 1. The van der Waals surface area contributed by atoms with E-state index in [9.17, 15) is 19.2 Å². The number of amides is 2. The Morgan fingerprint density at radius 3 is 2.73 bits per heavy atom. The van der Waals surface area contributed by atoms with E-state index in [1.54, 1.807) is 36.2 Å². The number of thiocarbonyl (C=S) groups is 1. The summed E-state index contributed by atoms with van der Waals surface area (Å²) in [4.78, 5) is 60.6. The number of fused-ring (bicyclic) bond motifs is 1. The van der Waals surface area contributed by atoms with Crippen LogP contribution in [0.15, 0.2) is 58.4 Å². The molecule has 2 aromatic heterocycles. The molecule has 2 aliphatic rings. The molecule has 1 aromatic carbocycles. The van der Waals surface area contributed by atoms with Crippen LogP contribution in [0, 0.1) is 6.92 Å². The van der Waals surface area contributed by atoms with Gasteiger partial charge < -0.3 is 15.0 Å². The highest BCUT2D eigenvalue weighted by molar-refractivity contribution is 8.26. The second-order valence-corrected chi connectivity index (χ2v) is 11.0. The van der Waals surface area contributed by atoms with E-state index in [2.05, 4.69) is 5.32 Å². The second-order valence-electron chi connectivity index (χ2n) is 9.35. The average Bonchev–Trinajstić information content (AvgIpc) is 3.20. The molecule has 4 heterocycles. The van der Waals surface area contributed by atoms with Gasteiger partial charge in [-0.2, -0.15) is 0 Å². The Morgan fingerprint density at radius 1 is 1.20 bits per heavy atom. The minimum atomic E-state index is -0.936. The molecule has 0 saturated carbocycles. The molecule has 0 aliphatic carbocycles. The molecule has 40 heavy (non-hydrogen) atoms. The normalized spacial score (nSPS) is 18.5. The molecule has 2 aliphatic heterocycles. The molecule has 2 amide bonds. The van der Waals surface area contributed by atoms with Crippen LogP contribution in [0.3, 0.4) is 0 Å². The van der Waals surface area contributed by atoms with E-state index in [4.69, 9.17) is 21.9 Å². The van der Waals surface area contributed by atoms with Crippen molar-refractivity contribution in [2.45, 2.75) is 32.9 Å². The van der Waals surface area contributed by atoms with Crippen LogP contribution >= 0.6 is 24.0 Å². The van der Waals surface area contributed by atoms with Crippen molar-refractivity contribution < 1.29 is 19.1 Å². The Labute approximate surface area is 240 Å². The van der Waals surface area contributed by atoms with Gasteiger partial charge in [0.15, 0.2) is 0 Å². The Hall–Kier alpha value is -4.03. The number of nitrogens with zero attached hydrogens (tertiary/aromatic N) is 4. The van der Waals surface area contributed by atoms with Crippen LogP contribution in [0.5, 0.6) is 0 Å². The fourth-order valence-electron chi connectivity index (χ4n) is 4.63. The van der Waals surface area contributed by atoms with Crippen LogP contribution < -0.4 is 15.8 Å². The summed E-state index contributed by atoms with van der Waals surface area (Å²) < 4.78 is 6.85. The minimum Gasteiger partial charge on any atom is -0.466 e. The van der Waals surface area contributed by atoms with Crippen molar-refractivity contribution >= 4 is 63.6 Å². The summed E-state index contributed by atoms with van der Waals surface area (Å²) in [6.07, 6.45) is 2.87. The first-order valence-corrected chi connectivity index (χ1v) is 14.0. The van der Waals surface area contributed by atoms with E-state index >= 15 is 0 Å². The quantitative estimate of drug-likeness (QED) is 0.257. The molecular weight excluding hydrogens is 550 g/mol. The number of aromatic nitrogens is 2. The number of rotatable bonds is 7. The molecule has 2 fully saturated rings. The van der Waals surface area contributed by atoms with Gasteiger partial charge in [0.2, 0.25) is 5.91 Å². The third kappa shape index (κ3) is 5.50. The van der Waals surface area contributed by atoms with Gasteiger partial charge in [0, 0.05) is 19.3 Å². The van der Waals surface area contributed by atoms with Gasteiger partial charge in [-0.15, -0.1) is 0 Å². The van der Waals surface area contributed by atoms with Crippen LogP contribution in [0.2, 0.25) is 0 Å². The zero-order chi connectivity index (χ0) is 28.4. The topological polar surface area (TPSA) is 113 Å². The molecule has 1 N–H and O–H groups in total. The lowest BCUT2D eigenvalue weighted by atomic mass is 10.1. The molecule has 2 saturated heterocycles. The van der Waals surface area contributed by atoms with Gasteiger partial charge in [-0.1, -0.05) is 59.9 Å². The van der Waals surface area contributed by atoms with E-state index in [-0.39, 0.29) is 41.1 Å². The van der Waals surface area contributed by atoms with Crippen molar-refractivity contribution in [3.63, 3.8) is 0 Å². The van der Waals surface area contributed by atoms with Crippen molar-refractivity contribution in [1.82, 2.24) is 19.6 Å². The number of hydrogen-bond donors (Lipinski definition) is 1. The number of ether oxygens (including phenoxy) is 1. The molecule has 206 valence electrons. The third-order valence-corrected chi connectivity index (χ3v) is 8.01. The molecule has 3 aromatic rings. The molecule has 12 heteroatoms. The average molecular weight is 578 g/mol. The monoisotopic (exact) mass is 577 g/mol. The van der Waals surface area contributed by atoms with Gasteiger partial charge >= 0.3 is 5.97 Å². The van der Waals surface area contributed by atoms with E-state index in [1.165, 1.54) is 15.4 Å². The van der Waals surface area contributed by atoms with Crippen LogP contribution in [-0.4, -0.2) is 62.1 Å². The van der Waals surface area contributed by atoms with Crippen molar-refractivity contribution in [3.05, 3.63) is 80.6 Å². The summed E-state index contributed by atoms with van der Waals surface area (Å²) in [5.41, 5.74) is 2.12.